The number of benzene rings is 1. The Balaban J connectivity index is 3.08. The third-order valence-electron chi connectivity index (χ3n) is 3.63. The van der Waals surface area contributed by atoms with Crippen LogP contribution in [0, 0.1) is 0 Å². The van der Waals surface area contributed by atoms with Crippen LogP contribution < -0.4 is 10.6 Å². The summed E-state index contributed by atoms with van der Waals surface area (Å²) in [7, 11) is 2.08. The normalized spacial score (nSPS) is 13.6. The molecule has 17 heavy (non-hydrogen) atoms. The SMILES string of the molecule is CCC(C)(C)N(C)c1ccc([C@H](C)N)cc1Cl. The van der Waals surface area contributed by atoms with E-state index in [-0.39, 0.29) is 11.6 Å². The molecule has 0 amide bonds. The quantitative estimate of drug-likeness (QED) is 0.881. The first kappa shape index (κ1) is 14.3. The fourth-order valence-electron chi connectivity index (χ4n) is 1.64. The molecule has 1 aromatic carbocycles. The largest absolute Gasteiger partial charge is 0.368 e. The summed E-state index contributed by atoms with van der Waals surface area (Å²) in [4.78, 5) is 2.22. The minimum Gasteiger partial charge on any atom is -0.368 e. The van der Waals surface area contributed by atoms with Crippen LogP contribution in [-0.4, -0.2) is 12.6 Å². The molecule has 0 saturated heterocycles. The summed E-state index contributed by atoms with van der Waals surface area (Å²) in [6.07, 6.45) is 1.06. The van der Waals surface area contributed by atoms with E-state index in [0.29, 0.717) is 0 Å². The molecule has 1 atom stereocenters. The minimum absolute atomic E-state index is 0.0195. The van der Waals surface area contributed by atoms with Gasteiger partial charge in [0.25, 0.3) is 0 Å². The monoisotopic (exact) mass is 254 g/mol. The van der Waals surface area contributed by atoms with E-state index >= 15 is 0 Å². The highest BCUT2D eigenvalue weighted by Crippen LogP contribution is 2.32. The van der Waals surface area contributed by atoms with Crippen molar-refractivity contribution in [1.29, 1.82) is 0 Å². The van der Waals surface area contributed by atoms with Crippen LogP contribution >= 0.6 is 11.6 Å². The van der Waals surface area contributed by atoms with E-state index in [9.17, 15) is 0 Å². The summed E-state index contributed by atoms with van der Waals surface area (Å²) in [5.41, 5.74) is 8.07. The van der Waals surface area contributed by atoms with Gasteiger partial charge in [-0.05, 0) is 44.9 Å². The molecule has 2 N–H and O–H groups in total. The van der Waals surface area contributed by atoms with Gasteiger partial charge < -0.3 is 10.6 Å². The van der Waals surface area contributed by atoms with Gasteiger partial charge in [-0.1, -0.05) is 24.6 Å². The zero-order chi connectivity index (χ0) is 13.2. The van der Waals surface area contributed by atoms with Gasteiger partial charge in [0.2, 0.25) is 0 Å². The Bertz CT molecular complexity index is 386. The van der Waals surface area contributed by atoms with Crippen molar-refractivity contribution in [3.8, 4) is 0 Å². The Morgan fingerprint density at radius 2 is 2.00 bits per heavy atom. The maximum Gasteiger partial charge on any atom is 0.0642 e. The van der Waals surface area contributed by atoms with E-state index < -0.39 is 0 Å². The predicted octanol–water partition coefficient (Wildman–Crippen LogP) is 3.98. The number of hydrogen-bond acceptors (Lipinski definition) is 2. The molecule has 0 aromatic heterocycles. The Morgan fingerprint density at radius 3 is 2.41 bits per heavy atom. The lowest BCUT2D eigenvalue weighted by atomic mass is 9.98. The molecule has 0 spiro atoms. The fourth-order valence-corrected chi connectivity index (χ4v) is 1.96. The second kappa shape index (κ2) is 5.28. The Labute approximate surface area is 110 Å². The van der Waals surface area contributed by atoms with Crippen LogP contribution in [0.1, 0.15) is 45.7 Å². The van der Waals surface area contributed by atoms with Crippen LogP contribution in [0.2, 0.25) is 5.02 Å². The number of nitrogens with two attached hydrogens (primary N) is 1. The van der Waals surface area contributed by atoms with Crippen LogP contribution in [0.15, 0.2) is 18.2 Å². The average molecular weight is 255 g/mol. The van der Waals surface area contributed by atoms with Crippen molar-refractivity contribution in [2.24, 2.45) is 5.73 Å². The van der Waals surface area contributed by atoms with Crippen molar-refractivity contribution >= 4 is 17.3 Å². The standard InChI is InChI=1S/C14H23ClN2/c1-6-14(3,4)17(5)13-8-7-11(10(2)16)9-12(13)15/h7-10H,6,16H2,1-5H3/t10-/m0/s1. The van der Waals surface area contributed by atoms with Gasteiger partial charge in [0.1, 0.15) is 0 Å². The summed E-state index contributed by atoms with van der Waals surface area (Å²) in [6, 6.07) is 6.09. The molecule has 0 heterocycles. The van der Waals surface area contributed by atoms with E-state index in [4.69, 9.17) is 17.3 Å². The van der Waals surface area contributed by atoms with Gasteiger partial charge in [0.15, 0.2) is 0 Å². The second-order valence-electron chi connectivity index (χ2n) is 5.22. The van der Waals surface area contributed by atoms with E-state index in [1.165, 1.54) is 0 Å². The topological polar surface area (TPSA) is 29.3 Å². The van der Waals surface area contributed by atoms with Crippen molar-refractivity contribution in [2.45, 2.75) is 45.7 Å². The number of anilines is 1. The molecule has 0 radical (unpaired) electrons. The maximum absolute atomic E-state index is 6.33. The first-order chi connectivity index (χ1) is 7.79. The third kappa shape index (κ3) is 3.14. The summed E-state index contributed by atoms with van der Waals surface area (Å²) in [5.74, 6) is 0. The van der Waals surface area contributed by atoms with Gasteiger partial charge in [-0.25, -0.2) is 0 Å². The van der Waals surface area contributed by atoms with Crippen molar-refractivity contribution < 1.29 is 0 Å². The molecule has 1 aromatic rings. The molecule has 1 rings (SSSR count). The molecule has 0 bridgehead atoms. The smallest absolute Gasteiger partial charge is 0.0642 e. The summed E-state index contributed by atoms with van der Waals surface area (Å²) in [6.45, 7) is 8.57. The van der Waals surface area contributed by atoms with Gasteiger partial charge in [0.05, 0.1) is 10.7 Å². The number of rotatable bonds is 4. The molecule has 0 saturated carbocycles. The highest BCUT2D eigenvalue weighted by atomic mass is 35.5. The van der Waals surface area contributed by atoms with E-state index in [2.05, 4.69) is 38.8 Å². The zero-order valence-corrected chi connectivity index (χ0v) is 12.2. The predicted molar refractivity (Wildman–Crippen MR) is 76.8 cm³/mol. The maximum atomic E-state index is 6.33. The fraction of sp³-hybridized carbons (Fsp3) is 0.571. The molecule has 0 aliphatic rings. The molecular formula is C14H23ClN2. The molecule has 0 aliphatic heterocycles. The van der Waals surface area contributed by atoms with Gasteiger partial charge in [-0.15, -0.1) is 0 Å². The van der Waals surface area contributed by atoms with Gasteiger partial charge in [-0.3, -0.25) is 0 Å². The van der Waals surface area contributed by atoms with Crippen LogP contribution in [0.25, 0.3) is 0 Å². The van der Waals surface area contributed by atoms with Gasteiger partial charge >= 0.3 is 0 Å². The molecule has 2 nitrogen and oxygen atoms in total. The van der Waals surface area contributed by atoms with Crippen LogP contribution in [0.4, 0.5) is 5.69 Å². The van der Waals surface area contributed by atoms with Crippen LogP contribution in [0.3, 0.4) is 0 Å². The lowest BCUT2D eigenvalue weighted by Gasteiger charge is -2.37. The molecule has 0 fully saturated rings. The molecule has 96 valence electrons. The zero-order valence-electron chi connectivity index (χ0n) is 11.4. The summed E-state index contributed by atoms with van der Waals surface area (Å²) in [5, 5.41) is 0.767. The molecule has 0 aliphatic carbocycles. The van der Waals surface area contributed by atoms with Crippen molar-refractivity contribution in [1.82, 2.24) is 0 Å². The minimum atomic E-state index is 0.0195. The van der Waals surface area contributed by atoms with Gasteiger partial charge in [-0.2, -0.15) is 0 Å². The van der Waals surface area contributed by atoms with Crippen molar-refractivity contribution in [2.75, 3.05) is 11.9 Å². The lowest BCUT2D eigenvalue weighted by Crippen LogP contribution is -2.40. The molecular weight excluding hydrogens is 232 g/mol. The number of halogens is 1. The average Bonchev–Trinajstić information content (AvgIpc) is 2.27. The molecule has 3 heteroatoms. The van der Waals surface area contributed by atoms with Crippen molar-refractivity contribution in [3.63, 3.8) is 0 Å². The third-order valence-corrected chi connectivity index (χ3v) is 3.93. The van der Waals surface area contributed by atoms with Crippen molar-refractivity contribution in [3.05, 3.63) is 28.8 Å². The number of hydrogen-bond donors (Lipinski definition) is 1. The van der Waals surface area contributed by atoms with E-state index in [1.54, 1.807) is 0 Å². The Hall–Kier alpha value is -0.730. The highest BCUT2D eigenvalue weighted by Gasteiger charge is 2.23. The van der Waals surface area contributed by atoms with Crippen LogP contribution in [0.5, 0.6) is 0 Å². The summed E-state index contributed by atoms with van der Waals surface area (Å²) < 4.78 is 0. The second-order valence-corrected chi connectivity index (χ2v) is 5.63. The molecule has 0 unspecified atom stereocenters. The lowest BCUT2D eigenvalue weighted by molar-refractivity contribution is 0.471. The Kier molecular flexibility index (Phi) is 4.45. The van der Waals surface area contributed by atoms with Gasteiger partial charge in [0, 0.05) is 18.6 Å². The highest BCUT2D eigenvalue weighted by molar-refractivity contribution is 6.33. The van der Waals surface area contributed by atoms with E-state index in [0.717, 1.165) is 22.7 Å². The number of nitrogens with zero attached hydrogens (tertiary/aromatic N) is 1. The van der Waals surface area contributed by atoms with E-state index in [1.807, 2.05) is 19.1 Å². The van der Waals surface area contributed by atoms with Crippen LogP contribution in [-0.2, 0) is 0 Å². The first-order valence-electron chi connectivity index (χ1n) is 6.08. The summed E-state index contributed by atoms with van der Waals surface area (Å²) >= 11 is 6.33. The Morgan fingerprint density at radius 1 is 1.41 bits per heavy atom. The first-order valence-corrected chi connectivity index (χ1v) is 6.46.